The SMILES string of the molecule is Cc1nc(-c2ccccc2)cc(-c2cccc([N+](=O)[O-])c2)c1C(=O)NCCN(C)C. The van der Waals surface area contributed by atoms with Gasteiger partial charge < -0.3 is 10.2 Å². The van der Waals surface area contributed by atoms with Crippen LogP contribution in [0.2, 0.25) is 0 Å². The lowest BCUT2D eigenvalue weighted by Crippen LogP contribution is -2.32. The number of nitrogens with zero attached hydrogens (tertiary/aromatic N) is 3. The molecule has 154 valence electrons. The first-order valence-electron chi connectivity index (χ1n) is 9.61. The zero-order valence-corrected chi connectivity index (χ0v) is 17.3. The van der Waals surface area contributed by atoms with Crippen LogP contribution in [-0.4, -0.2) is 47.9 Å². The number of hydrogen-bond donors (Lipinski definition) is 1. The fourth-order valence-electron chi connectivity index (χ4n) is 3.21. The molecule has 2 aromatic carbocycles. The smallest absolute Gasteiger partial charge is 0.270 e. The number of benzene rings is 2. The summed E-state index contributed by atoms with van der Waals surface area (Å²) in [5, 5.41) is 14.2. The first-order valence-corrected chi connectivity index (χ1v) is 9.61. The van der Waals surface area contributed by atoms with Crippen molar-refractivity contribution in [1.82, 2.24) is 15.2 Å². The number of aromatic nitrogens is 1. The van der Waals surface area contributed by atoms with Gasteiger partial charge in [0.1, 0.15) is 0 Å². The van der Waals surface area contributed by atoms with Gasteiger partial charge in [-0.2, -0.15) is 0 Å². The molecule has 0 unspecified atom stereocenters. The van der Waals surface area contributed by atoms with Crippen molar-refractivity contribution in [2.45, 2.75) is 6.92 Å². The molecule has 0 bridgehead atoms. The number of aryl methyl sites for hydroxylation is 1. The van der Waals surface area contributed by atoms with Gasteiger partial charge in [-0.15, -0.1) is 0 Å². The fourth-order valence-corrected chi connectivity index (χ4v) is 3.21. The van der Waals surface area contributed by atoms with Crippen LogP contribution in [0.3, 0.4) is 0 Å². The number of likely N-dealkylation sites (N-methyl/N-ethyl adjacent to an activating group) is 1. The Morgan fingerprint density at radius 2 is 1.77 bits per heavy atom. The number of hydrogen-bond acceptors (Lipinski definition) is 5. The van der Waals surface area contributed by atoms with Crippen LogP contribution in [0.15, 0.2) is 60.7 Å². The topological polar surface area (TPSA) is 88.4 Å². The third-order valence-electron chi connectivity index (χ3n) is 4.71. The van der Waals surface area contributed by atoms with Gasteiger partial charge in [0.15, 0.2) is 0 Å². The van der Waals surface area contributed by atoms with Crippen molar-refractivity contribution in [3.63, 3.8) is 0 Å². The van der Waals surface area contributed by atoms with E-state index in [1.54, 1.807) is 19.1 Å². The van der Waals surface area contributed by atoms with Gasteiger partial charge in [0.05, 0.1) is 21.9 Å². The zero-order valence-electron chi connectivity index (χ0n) is 17.3. The van der Waals surface area contributed by atoms with Crippen molar-refractivity contribution in [3.05, 3.63) is 82.0 Å². The Morgan fingerprint density at radius 3 is 2.43 bits per heavy atom. The Kier molecular flexibility index (Phi) is 6.54. The highest BCUT2D eigenvalue weighted by Gasteiger charge is 2.20. The number of nitrogens with one attached hydrogen (secondary N) is 1. The van der Waals surface area contributed by atoms with E-state index in [2.05, 4.69) is 10.3 Å². The third-order valence-corrected chi connectivity index (χ3v) is 4.71. The quantitative estimate of drug-likeness (QED) is 0.476. The summed E-state index contributed by atoms with van der Waals surface area (Å²) in [6.45, 7) is 2.97. The van der Waals surface area contributed by atoms with Crippen LogP contribution in [0.25, 0.3) is 22.4 Å². The first-order chi connectivity index (χ1) is 14.4. The molecule has 7 nitrogen and oxygen atoms in total. The minimum Gasteiger partial charge on any atom is -0.351 e. The van der Waals surface area contributed by atoms with E-state index in [0.29, 0.717) is 41.2 Å². The van der Waals surface area contributed by atoms with Gasteiger partial charge in [0, 0.05) is 30.8 Å². The normalized spacial score (nSPS) is 10.8. The van der Waals surface area contributed by atoms with Gasteiger partial charge in [-0.05, 0) is 38.2 Å². The maximum Gasteiger partial charge on any atom is 0.270 e. The highest BCUT2D eigenvalue weighted by Crippen LogP contribution is 2.32. The number of amides is 1. The van der Waals surface area contributed by atoms with Crippen LogP contribution in [0.5, 0.6) is 0 Å². The predicted molar refractivity (Wildman–Crippen MR) is 117 cm³/mol. The largest absolute Gasteiger partial charge is 0.351 e. The van der Waals surface area contributed by atoms with Crippen molar-refractivity contribution in [1.29, 1.82) is 0 Å². The molecule has 0 aliphatic rings. The predicted octanol–water partition coefficient (Wildman–Crippen LogP) is 3.92. The number of nitro benzene ring substituents is 1. The summed E-state index contributed by atoms with van der Waals surface area (Å²) in [5.41, 5.74) is 3.81. The average Bonchev–Trinajstić information content (AvgIpc) is 2.73. The number of rotatable bonds is 7. The van der Waals surface area contributed by atoms with Crippen molar-refractivity contribution in [2.24, 2.45) is 0 Å². The van der Waals surface area contributed by atoms with Gasteiger partial charge in [-0.1, -0.05) is 42.5 Å². The number of nitro groups is 1. The van der Waals surface area contributed by atoms with Crippen molar-refractivity contribution in [3.8, 4) is 22.4 Å². The monoisotopic (exact) mass is 404 g/mol. The Morgan fingerprint density at radius 1 is 1.07 bits per heavy atom. The molecule has 0 fully saturated rings. The lowest BCUT2D eigenvalue weighted by Gasteiger charge is -2.16. The molecule has 1 aromatic heterocycles. The van der Waals surface area contributed by atoms with E-state index in [1.165, 1.54) is 12.1 Å². The Labute approximate surface area is 175 Å². The fraction of sp³-hybridized carbons (Fsp3) is 0.217. The van der Waals surface area contributed by atoms with E-state index in [4.69, 9.17) is 0 Å². The molecule has 0 saturated heterocycles. The minimum absolute atomic E-state index is 0.0257. The van der Waals surface area contributed by atoms with Crippen LogP contribution in [0, 0.1) is 17.0 Å². The van der Waals surface area contributed by atoms with E-state index >= 15 is 0 Å². The summed E-state index contributed by atoms with van der Waals surface area (Å²) >= 11 is 0. The summed E-state index contributed by atoms with van der Waals surface area (Å²) in [4.78, 5) is 30.5. The summed E-state index contributed by atoms with van der Waals surface area (Å²) < 4.78 is 0. The third kappa shape index (κ3) is 4.87. The molecule has 0 spiro atoms. The maximum atomic E-state index is 13.0. The number of non-ortho nitro benzene ring substituents is 1. The number of carbonyl (C=O) groups excluding carboxylic acids is 1. The minimum atomic E-state index is -0.438. The highest BCUT2D eigenvalue weighted by atomic mass is 16.6. The highest BCUT2D eigenvalue weighted by molar-refractivity contribution is 6.02. The summed E-state index contributed by atoms with van der Waals surface area (Å²) in [7, 11) is 3.87. The van der Waals surface area contributed by atoms with Crippen molar-refractivity contribution < 1.29 is 9.72 Å². The summed E-state index contributed by atoms with van der Waals surface area (Å²) in [6, 6.07) is 17.8. The molecule has 3 aromatic rings. The Bertz CT molecular complexity index is 1070. The molecule has 1 amide bonds. The first kappa shape index (κ1) is 21.1. The molecule has 0 aliphatic heterocycles. The van der Waals surface area contributed by atoms with E-state index in [1.807, 2.05) is 55.4 Å². The Hall–Kier alpha value is -3.58. The Balaban J connectivity index is 2.12. The lowest BCUT2D eigenvalue weighted by atomic mass is 9.95. The van der Waals surface area contributed by atoms with Crippen LogP contribution >= 0.6 is 0 Å². The molecule has 0 radical (unpaired) electrons. The van der Waals surface area contributed by atoms with Gasteiger partial charge in [-0.25, -0.2) is 0 Å². The molecule has 1 N–H and O–H groups in total. The van der Waals surface area contributed by atoms with E-state index in [0.717, 1.165) is 5.56 Å². The maximum absolute atomic E-state index is 13.0. The molecule has 0 saturated carbocycles. The summed E-state index contributed by atoms with van der Waals surface area (Å²) in [5.74, 6) is -0.247. The lowest BCUT2D eigenvalue weighted by molar-refractivity contribution is -0.384. The molecular weight excluding hydrogens is 380 g/mol. The standard InChI is InChI=1S/C23H24N4O3/c1-16-22(23(28)24-12-13-26(2)3)20(18-10-7-11-19(14-18)27(29)30)15-21(25-16)17-8-5-4-6-9-17/h4-11,14-15H,12-13H2,1-3H3,(H,24,28). The van der Waals surface area contributed by atoms with Gasteiger partial charge in [0.25, 0.3) is 11.6 Å². The van der Waals surface area contributed by atoms with Crippen molar-refractivity contribution in [2.75, 3.05) is 27.2 Å². The summed E-state index contributed by atoms with van der Waals surface area (Å²) in [6.07, 6.45) is 0. The molecule has 7 heteroatoms. The second kappa shape index (κ2) is 9.28. The molecule has 3 rings (SSSR count). The van der Waals surface area contributed by atoms with Crippen molar-refractivity contribution >= 4 is 11.6 Å². The van der Waals surface area contributed by atoms with E-state index < -0.39 is 4.92 Å². The van der Waals surface area contributed by atoms with Crippen LogP contribution < -0.4 is 5.32 Å². The van der Waals surface area contributed by atoms with E-state index in [-0.39, 0.29) is 11.6 Å². The second-order valence-corrected chi connectivity index (χ2v) is 7.25. The van der Waals surface area contributed by atoms with Crippen LogP contribution in [0.4, 0.5) is 5.69 Å². The molecular formula is C23H24N4O3. The molecule has 1 heterocycles. The average molecular weight is 404 g/mol. The number of carbonyl (C=O) groups is 1. The molecule has 0 aliphatic carbocycles. The van der Waals surface area contributed by atoms with Gasteiger partial charge in [-0.3, -0.25) is 19.9 Å². The zero-order chi connectivity index (χ0) is 21.7. The molecule has 0 atom stereocenters. The molecule has 30 heavy (non-hydrogen) atoms. The second-order valence-electron chi connectivity index (χ2n) is 7.25. The van der Waals surface area contributed by atoms with Gasteiger partial charge >= 0.3 is 0 Å². The number of pyridine rings is 1. The van der Waals surface area contributed by atoms with Crippen LogP contribution in [0.1, 0.15) is 16.1 Å². The van der Waals surface area contributed by atoms with Crippen LogP contribution in [-0.2, 0) is 0 Å². The van der Waals surface area contributed by atoms with Gasteiger partial charge in [0.2, 0.25) is 0 Å². The van der Waals surface area contributed by atoms with E-state index in [9.17, 15) is 14.9 Å².